The van der Waals surface area contributed by atoms with E-state index in [0.29, 0.717) is 13.2 Å². The van der Waals surface area contributed by atoms with Crippen LogP contribution in [0.5, 0.6) is 0 Å². The zero-order chi connectivity index (χ0) is 12.9. The van der Waals surface area contributed by atoms with E-state index < -0.39 is 0 Å². The molecule has 0 aliphatic rings. The normalized spacial score (nSPS) is 10.4. The average molecular weight is 232 g/mol. The van der Waals surface area contributed by atoms with Crippen LogP contribution in [-0.4, -0.2) is 19.5 Å². The van der Waals surface area contributed by atoms with E-state index in [2.05, 4.69) is 35.5 Å². The van der Waals surface area contributed by atoms with Gasteiger partial charge in [-0.3, -0.25) is 0 Å². The standard InChI is InChI=1S/C15H20O2/c1-5-8-11-14(4)15(16-12-9-6-2)17-13-10-7-3/h14-15H,11-13H2,1-4H3. The molecule has 0 spiro atoms. The van der Waals surface area contributed by atoms with Gasteiger partial charge in [0, 0.05) is 12.3 Å². The second-order valence-corrected chi connectivity index (χ2v) is 3.45. The second-order valence-electron chi connectivity index (χ2n) is 3.45. The van der Waals surface area contributed by atoms with E-state index in [1.807, 2.05) is 13.8 Å². The Kier molecular flexibility index (Phi) is 10.2. The van der Waals surface area contributed by atoms with Crippen molar-refractivity contribution >= 4 is 0 Å². The Bertz CT molecular complexity index is 341. The third kappa shape index (κ3) is 8.41. The van der Waals surface area contributed by atoms with Gasteiger partial charge >= 0.3 is 0 Å². The Morgan fingerprint density at radius 1 is 0.824 bits per heavy atom. The molecular weight excluding hydrogens is 212 g/mol. The van der Waals surface area contributed by atoms with Gasteiger partial charge in [-0.25, -0.2) is 0 Å². The molecule has 0 aromatic rings. The van der Waals surface area contributed by atoms with Gasteiger partial charge in [0.2, 0.25) is 0 Å². The van der Waals surface area contributed by atoms with Gasteiger partial charge in [0.05, 0.1) is 0 Å². The lowest BCUT2D eigenvalue weighted by molar-refractivity contribution is -0.151. The molecule has 0 heterocycles. The van der Waals surface area contributed by atoms with E-state index in [0.717, 1.165) is 6.42 Å². The summed E-state index contributed by atoms with van der Waals surface area (Å²) in [5.74, 6) is 17.4. The first kappa shape index (κ1) is 15.6. The predicted molar refractivity (Wildman–Crippen MR) is 69.8 cm³/mol. The van der Waals surface area contributed by atoms with Crippen molar-refractivity contribution in [3.63, 3.8) is 0 Å². The van der Waals surface area contributed by atoms with Crippen LogP contribution in [0.3, 0.4) is 0 Å². The molecule has 0 amide bonds. The van der Waals surface area contributed by atoms with Crippen LogP contribution in [0.4, 0.5) is 0 Å². The highest BCUT2D eigenvalue weighted by molar-refractivity contribution is 4.98. The summed E-state index contributed by atoms with van der Waals surface area (Å²) in [5.41, 5.74) is 0. The molecule has 0 aliphatic heterocycles. The molecular formula is C15H20O2. The molecule has 0 saturated heterocycles. The third-order valence-electron chi connectivity index (χ3n) is 2.06. The molecule has 2 heteroatoms. The summed E-state index contributed by atoms with van der Waals surface area (Å²) in [7, 11) is 0. The van der Waals surface area contributed by atoms with E-state index in [4.69, 9.17) is 9.47 Å². The Hall–Kier alpha value is -1.40. The molecule has 0 aliphatic carbocycles. The first-order valence-corrected chi connectivity index (χ1v) is 5.68. The number of hydrogen-bond donors (Lipinski definition) is 0. The van der Waals surface area contributed by atoms with Gasteiger partial charge < -0.3 is 9.47 Å². The van der Waals surface area contributed by atoms with Crippen molar-refractivity contribution in [2.24, 2.45) is 5.92 Å². The average Bonchev–Trinajstić information content (AvgIpc) is 2.34. The minimum Gasteiger partial charge on any atom is -0.340 e. The molecule has 0 aromatic carbocycles. The van der Waals surface area contributed by atoms with Crippen molar-refractivity contribution in [3.8, 4) is 35.5 Å². The summed E-state index contributed by atoms with van der Waals surface area (Å²) in [4.78, 5) is 0. The van der Waals surface area contributed by atoms with Gasteiger partial charge in [-0.05, 0) is 20.8 Å². The van der Waals surface area contributed by atoms with E-state index in [-0.39, 0.29) is 12.2 Å². The Morgan fingerprint density at radius 2 is 1.29 bits per heavy atom. The van der Waals surface area contributed by atoms with Crippen molar-refractivity contribution in [3.05, 3.63) is 0 Å². The van der Waals surface area contributed by atoms with E-state index in [9.17, 15) is 0 Å². The summed E-state index contributed by atoms with van der Waals surface area (Å²) in [6.45, 7) is 8.21. The van der Waals surface area contributed by atoms with Crippen molar-refractivity contribution < 1.29 is 9.47 Å². The van der Waals surface area contributed by atoms with E-state index in [1.54, 1.807) is 13.8 Å². The largest absolute Gasteiger partial charge is 0.340 e. The van der Waals surface area contributed by atoms with Crippen LogP contribution in [0, 0.1) is 41.4 Å². The molecule has 0 bridgehead atoms. The molecule has 1 atom stereocenters. The molecule has 0 rings (SSSR count). The van der Waals surface area contributed by atoms with Crippen LogP contribution >= 0.6 is 0 Å². The highest BCUT2D eigenvalue weighted by Gasteiger charge is 2.17. The van der Waals surface area contributed by atoms with Crippen molar-refractivity contribution in [2.75, 3.05) is 13.2 Å². The molecule has 92 valence electrons. The maximum absolute atomic E-state index is 5.56. The molecule has 2 nitrogen and oxygen atoms in total. The summed E-state index contributed by atoms with van der Waals surface area (Å²) < 4.78 is 11.1. The van der Waals surface area contributed by atoms with Crippen LogP contribution in [0.15, 0.2) is 0 Å². The maximum atomic E-state index is 5.56. The predicted octanol–water partition coefficient (Wildman–Crippen LogP) is 2.44. The Balaban J connectivity index is 4.25. The molecule has 17 heavy (non-hydrogen) atoms. The lowest BCUT2D eigenvalue weighted by Crippen LogP contribution is -2.25. The summed E-state index contributed by atoms with van der Waals surface area (Å²) in [6, 6.07) is 0. The summed E-state index contributed by atoms with van der Waals surface area (Å²) in [5, 5.41) is 0. The first-order valence-electron chi connectivity index (χ1n) is 5.68. The smallest absolute Gasteiger partial charge is 0.163 e. The monoisotopic (exact) mass is 232 g/mol. The van der Waals surface area contributed by atoms with Gasteiger partial charge in [-0.15, -0.1) is 23.7 Å². The summed E-state index contributed by atoms with van der Waals surface area (Å²) in [6.07, 6.45) is 0.456. The maximum Gasteiger partial charge on any atom is 0.163 e. The fourth-order valence-electron chi connectivity index (χ4n) is 1.13. The topological polar surface area (TPSA) is 18.5 Å². The Morgan fingerprint density at radius 3 is 1.71 bits per heavy atom. The lowest BCUT2D eigenvalue weighted by Gasteiger charge is -2.21. The molecule has 0 radical (unpaired) electrons. The van der Waals surface area contributed by atoms with Crippen LogP contribution in [0.25, 0.3) is 0 Å². The third-order valence-corrected chi connectivity index (χ3v) is 2.06. The zero-order valence-electron chi connectivity index (χ0n) is 11.1. The molecule has 0 N–H and O–H groups in total. The van der Waals surface area contributed by atoms with Gasteiger partial charge in [-0.2, -0.15) is 0 Å². The summed E-state index contributed by atoms with van der Waals surface area (Å²) >= 11 is 0. The highest BCUT2D eigenvalue weighted by Crippen LogP contribution is 2.12. The van der Waals surface area contributed by atoms with Crippen LogP contribution in [-0.2, 0) is 9.47 Å². The quantitative estimate of drug-likeness (QED) is 0.517. The van der Waals surface area contributed by atoms with Crippen LogP contribution in [0.2, 0.25) is 0 Å². The van der Waals surface area contributed by atoms with Crippen molar-refractivity contribution in [2.45, 2.75) is 40.4 Å². The fraction of sp³-hybridized carbons (Fsp3) is 0.600. The minimum atomic E-state index is -0.294. The molecule has 0 saturated carbocycles. The number of hydrogen-bond acceptors (Lipinski definition) is 2. The van der Waals surface area contributed by atoms with Crippen molar-refractivity contribution in [1.82, 2.24) is 0 Å². The number of rotatable bonds is 6. The van der Waals surface area contributed by atoms with Crippen LogP contribution in [0.1, 0.15) is 34.1 Å². The fourth-order valence-corrected chi connectivity index (χ4v) is 1.13. The highest BCUT2D eigenvalue weighted by atomic mass is 16.7. The second kappa shape index (κ2) is 11.1. The van der Waals surface area contributed by atoms with E-state index >= 15 is 0 Å². The SMILES string of the molecule is CC#CCOC(OCC#CC)C(C)CC#CC. The Labute approximate surface area is 105 Å². The zero-order valence-corrected chi connectivity index (χ0v) is 11.1. The molecule has 1 unspecified atom stereocenters. The molecule has 0 fully saturated rings. The van der Waals surface area contributed by atoms with Crippen molar-refractivity contribution in [1.29, 1.82) is 0 Å². The lowest BCUT2D eigenvalue weighted by atomic mass is 10.1. The number of ether oxygens (including phenoxy) is 2. The van der Waals surface area contributed by atoms with E-state index in [1.165, 1.54) is 0 Å². The first-order chi connectivity index (χ1) is 8.26. The van der Waals surface area contributed by atoms with Crippen LogP contribution < -0.4 is 0 Å². The van der Waals surface area contributed by atoms with Gasteiger partial charge in [0.25, 0.3) is 0 Å². The van der Waals surface area contributed by atoms with Gasteiger partial charge in [0.1, 0.15) is 13.2 Å². The van der Waals surface area contributed by atoms with Gasteiger partial charge in [0.15, 0.2) is 6.29 Å². The molecule has 0 aromatic heterocycles. The minimum absolute atomic E-state index is 0.208. The van der Waals surface area contributed by atoms with Gasteiger partial charge in [-0.1, -0.05) is 18.8 Å².